The van der Waals surface area contributed by atoms with E-state index in [0.717, 1.165) is 6.07 Å². The average molecular weight is 276 g/mol. The molecule has 0 fully saturated rings. The van der Waals surface area contributed by atoms with Gasteiger partial charge in [-0.05, 0) is 18.9 Å². The zero-order valence-corrected chi connectivity index (χ0v) is 10.4. The van der Waals surface area contributed by atoms with Gasteiger partial charge in [-0.15, -0.1) is 6.58 Å². The maximum absolute atomic E-state index is 13.4. The fourth-order valence-corrected chi connectivity index (χ4v) is 2.45. The summed E-state index contributed by atoms with van der Waals surface area (Å²) in [7, 11) is -4.02. The van der Waals surface area contributed by atoms with Crippen LogP contribution in [0.5, 0.6) is 0 Å². The van der Waals surface area contributed by atoms with E-state index in [2.05, 4.69) is 11.3 Å². The van der Waals surface area contributed by atoms with Crippen molar-refractivity contribution < 1.29 is 17.2 Å². The Balaban J connectivity index is 2.91. The summed E-state index contributed by atoms with van der Waals surface area (Å²) in [6.07, 6.45) is 2.82. The number of sulfonamides is 1. The highest BCUT2D eigenvalue weighted by atomic mass is 32.2. The van der Waals surface area contributed by atoms with Crippen LogP contribution in [0.4, 0.5) is 14.5 Å². The topological polar surface area (TPSA) is 72.2 Å². The third-order valence-corrected chi connectivity index (χ3v) is 3.69. The van der Waals surface area contributed by atoms with Crippen LogP contribution < -0.4 is 10.5 Å². The summed E-state index contributed by atoms with van der Waals surface area (Å²) in [6, 6.07) is 1.22. The highest BCUT2D eigenvalue weighted by molar-refractivity contribution is 7.89. The molecule has 3 N–H and O–H groups in total. The molecule has 0 saturated heterocycles. The number of hydrogen-bond donors (Lipinski definition) is 2. The molecule has 0 aliphatic rings. The normalized spacial score (nSPS) is 11.4. The summed E-state index contributed by atoms with van der Waals surface area (Å²) in [6.45, 7) is 3.64. The van der Waals surface area contributed by atoms with Gasteiger partial charge in [0.15, 0.2) is 0 Å². The smallest absolute Gasteiger partial charge is 0.243 e. The van der Waals surface area contributed by atoms with Crippen molar-refractivity contribution in [2.75, 3.05) is 12.3 Å². The monoisotopic (exact) mass is 276 g/mol. The number of benzene rings is 1. The van der Waals surface area contributed by atoms with Crippen molar-refractivity contribution in [3.8, 4) is 0 Å². The number of allylic oxidation sites excluding steroid dienone is 1. The molecular formula is C11H14F2N2O2S. The van der Waals surface area contributed by atoms with Crippen LogP contribution in [-0.2, 0) is 10.0 Å². The van der Waals surface area contributed by atoms with Crippen molar-refractivity contribution in [1.29, 1.82) is 0 Å². The summed E-state index contributed by atoms with van der Waals surface area (Å²) in [5, 5.41) is 0. The van der Waals surface area contributed by atoms with Crippen molar-refractivity contribution in [1.82, 2.24) is 4.72 Å². The number of hydrogen-bond acceptors (Lipinski definition) is 3. The third kappa shape index (κ3) is 3.51. The van der Waals surface area contributed by atoms with Crippen LogP contribution >= 0.6 is 0 Å². The van der Waals surface area contributed by atoms with E-state index >= 15 is 0 Å². The molecule has 0 amide bonds. The van der Waals surface area contributed by atoms with Crippen molar-refractivity contribution in [2.45, 2.75) is 17.7 Å². The maximum atomic E-state index is 13.4. The minimum Gasteiger partial charge on any atom is -0.396 e. The van der Waals surface area contributed by atoms with Gasteiger partial charge in [0.2, 0.25) is 10.0 Å². The SMILES string of the molecule is C=CCCCNS(=O)(=O)c1cc(N)c(F)cc1F. The van der Waals surface area contributed by atoms with E-state index in [9.17, 15) is 17.2 Å². The number of nitrogens with two attached hydrogens (primary N) is 1. The van der Waals surface area contributed by atoms with Gasteiger partial charge < -0.3 is 5.73 Å². The minimum atomic E-state index is -4.02. The van der Waals surface area contributed by atoms with Crippen LogP contribution in [-0.4, -0.2) is 15.0 Å². The first-order chi connectivity index (χ1) is 8.38. The second-order valence-corrected chi connectivity index (χ2v) is 5.37. The number of anilines is 1. The minimum absolute atomic E-state index is 0.144. The third-order valence-electron chi connectivity index (χ3n) is 2.22. The lowest BCUT2D eigenvalue weighted by Crippen LogP contribution is -2.25. The number of unbranched alkanes of at least 4 members (excludes halogenated alkanes) is 1. The lowest BCUT2D eigenvalue weighted by atomic mass is 10.3. The maximum Gasteiger partial charge on any atom is 0.243 e. The Morgan fingerprint density at radius 1 is 1.33 bits per heavy atom. The molecule has 0 aromatic heterocycles. The zero-order chi connectivity index (χ0) is 13.8. The summed E-state index contributed by atoms with van der Waals surface area (Å²) in [5.74, 6) is -2.16. The Labute approximate surface area is 105 Å². The number of nitrogen functional groups attached to an aromatic ring is 1. The van der Waals surface area contributed by atoms with E-state index in [1.165, 1.54) is 0 Å². The molecule has 0 bridgehead atoms. The quantitative estimate of drug-likeness (QED) is 0.472. The Morgan fingerprint density at radius 2 is 2.00 bits per heavy atom. The van der Waals surface area contributed by atoms with Gasteiger partial charge in [-0.1, -0.05) is 6.08 Å². The molecule has 0 aliphatic heterocycles. The molecule has 1 aromatic rings. The molecule has 1 aromatic carbocycles. The number of nitrogens with one attached hydrogen (secondary N) is 1. The van der Waals surface area contributed by atoms with E-state index in [1.807, 2.05) is 0 Å². The van der Waals surface area contributed by atoms with Gasteiger partial charge in [0.25, 0.3) is 0 Å². The Kier molecular flexibility index (Phi) is 4.80. The van der Waals surface area contributed by atoms with Gasteiger partial charge >= 0.3 is 0 Å². The summed E-state index contributed by atoms with van der Waals surface area (Å²) in [5.41, 5.74) is 4.80. The van der Waals surface area contributed by atoms with Crippen LogP contribution in [0.3, 0.4) is 0 Å². The van der Waals surface area contributed by atoms with Gasteiger partial charge in [-0.25, -0.2) is 21.9 Å². The fraction of sp³-hybridized carbons (Fsp3) is 0.273. The van der Waals surface area contributed by atoms with E-state index in [4.69, 9.17) is 5.73 Å². The summed E-state index contributed by atoms with van der Waals surface area (Å²) in [4.78, 5) is -0.653. The first kappa shape index (κ1) is 14.6. The van der Waals surface area contributed by atoms with Gasteiger partial charge in [0.1, 0.15) is 16.5 Å². The van der Waals surface area contributed by atoms with Crippen LogP contribution in [0.1, 0.15) is 12.8 Å². The molecule has 0 atom stereocenters. The van der Waals surface area contributed by atoms with E-state index in [1.54, 1.807) is 6.08 Å². The molecule has 0 spiro atoms. The summed E-state index contributed by atoms with van der Waals surface area (Å²) < 4.78 is 51.9. The molecule has 7 heteroatoms. The predicted octanol–water partition coefficient (Wildman–Crippen LogP) is 1.79. The Bertz CT molecular complexity index is 544. The standard InChI is InChI=1S/C11H14F2N2O2S/c1-2-3-4-5-15-18(16,17)11-7-10(14)8(12)6-9(11)13/h2,6-7,15H,1,3-5,14H2. The fourth-order valence-electron chi connectivity index (χ4n) is 1.28. The molecule has 18 heavy (non-hydrogen) atoms. The van der Waals surface area contributed by atoms with Crippen molar-refractivity contribution >= 4 is 15.7 Å². The molecule has 0 radical (unpaired) electrons. The molecule has 1 rings (SSSR count). The molecule has 0 heterocycles. The van der Waals surface area contributed by atoms with Gasteiger partial charge in [0, 0.05) is 12.6 Å². The highest BCUT2D eigenvalue weighted by Gasteiger charge is 2.20. The average Bonchev–Trinajstić information content (AvgIpc) is 2.29. The van der Waals surface area contributed by atoms with Gasteiger partial charge in [-0.3, -0.25) is 0 Å². The van der Waals surface area contributed by atoms with Crippen molar-refractivity contribution in [3.05, 3.63) is 36.4 Å². The Morgan fingerprint density at radius 3 is 2.61 bits per heavy atom. The lowest BCUT2D eigenvalue weighted by molar-refractivity contribution is 0.544. The molecule has 0 unspecified atom stereocenters. The van der Waals surface area contributed by atoms with E-state index < -0.39 is 32.2 Å². The first-order valence-corrected chi connectivity index (χ1v) is 6.72. The van der Waals surface area contributed by atoms with Crippen LogP contribution in [0, 0.1) is 11.6 Å². The molecule has 4 nitrogen and oxygen atoms in total. The molecule has 100 valence electrons. The van der Waals surface area contributed by atoms with Crippen LogP contribution in [0.15, 0.2) is 29.7 Å². The van der Waals surface area contributed by atoms with Gasteiger partial charge in [0.05, 0.1) is 5.69 Å². The van der Waals surface area contributed by atoms with Crippen LogP contribution in [0.25, 0.3) is 0 Å². The van der Waals surface area contributed by atoms with Crippen molar-refractivity contribution in [3.63, 3.8) is 0 Å². The van der Waals surface area contributed by atoms with E-state index in [-0.39, 0.29) is 6.54 Å². The first-order valence-electron chi connectivity index (χ1n) is 5.23. The largest absolute Gasteiger partial charge is 0.396 e. The van der Waals surface area contributed by atoms with Crippen LogP contribution in [0.2, 0.25) is 0 Å². The zero-order valence-electron chi connectivity index (χ0n) is 9.62. The van der Waals surface area contributed by atoms with Crippen molar-refractivity contribution in [2.24, 2.45) is 0 Å². The lowest BCUT2D eigenvalue weighted by Gasteiger charge is -2.08. The predicted molar refractivity (Wildman–Crippen MR) is 65.4 cm³/mol. The highest BCUT2D eigenvalue weighted by Crippen LogP contribution is 2.20. The van der Waals surface area contributed by atoms with Gasteiger partial charge in [-0.2, -0.15) is 0 Å². The number of rotatable bonds is 6. The second-order valence-electron chi connectivity index (χ2n) is 3.63. The Hall–Kier alpha value is -1.47. The summed E-state index contributed by atoms with van der Waals surface area (Å²) >= 11 is 0. The molecule has 0 aliphatic carbocycles. The molecular weight excluding hydrogens is 262 g/mol. The molecule has 0 saturated carbocycles. The second kappa shape index (κ2) is 5.92. The number of halogens is 2. The van der Waals surface area contributed by atoms with E-state index in [0.29, 0.717) is 18.9 Å².